The summed E-state index contributed by atoms with van der Waals surface area (Å²) in [6, 6.07) is 3.94. The van der Waals surface area contributed by atoms with Gasteiger partial charge in [0.15, 0.2) is 0 Å². The third-order valence-electron chi connectivity index (χ3n) is 2.62. The molecule has 0 saturated carbocycles. The maximum Gasteiger partial charge on any atom is 0.416 e. The summed E-state index contributed by atoms with van der Waals surface area (Å²) in [4.78, 5) is 10.5. The van der Waals surface area contributed by atoms with Crippen molar-refractivity contribution in [3.63, 3.8) is 0 Å². The zero-order valence-electron chi connectivity index (χ0n) is 9.51. The number of carboxylic acid groups (broad SMARTS) is 1. The predicted molar refractivity (Wildman–Crippen MR) is 56.8 cm³/mol. The normalized spacial score (nSPS) is 13.5. The summed E-state index contributed by atoms with van der Waals surface area (Å²) in [5, 5.41) is 8.61. The number of carboxylic acids is 1. The Labute approximate surface area is 97.1 Å². The van der Waals surface area contributed by atoms with Gasteiger partial charge in [0, 0.05) is 0 Å². The quantitative estimate of drug-likeness (QED) is 0.884. The molecule has 1 atom stereocenters. The molecular weight excluding hydrogens is 233 g/mol. The van der Waals surface area contributed by atoms with Crippen LogP contribution in [0.1, 0.15) is 36.0 Å². The first-order valence-electron chi connectivity index (χ1n) is 5.11. The van der Waals surface area contributed by atoms with Crippen LogP contribution in [0.25, 0.3) is 0 Å². The van der Waals surface area contributed by atoms with Gasteiger partial charge in [0.25, 0.3) is 0 Å². The SMILES string of the molecule is Cc1ccc(C(C)CC(=O)O)cc1C(F)(F)F. The number of aryl methyl sites for hydroxylation is 1. The second kappa shape index (κ2) is 4.77. The maximum atomic E-state index is 12.6. The van der Waals surface area contributed by atoms with Crippen molar-refractivity contribution >= 4 is 5.97 Å². The molecule has 0 radical (unpaired) electrons. The fourth-order valence-electron chi connectivity index (χ4n) is 1.63. The summed E-state index contributed by atoms with van der Waals surface area (Å²) in [5.41, 5.74) is -0.165. The molecule has 0 aliphatic heterocycles. The minimum atomic E-state index is -4.40. The lowest BCUT2D eigenvalue weighted by atomic mass is 9.94. The van der Waals surface area contributed by atoms with Crippen molar-refractivity contribution in [3.8, 4) is 0 Å². The van der Waals surface area contributed by atoms with Crippen LogP contribution in [-0.4, -0.2) is 11.1 Å². The number of alkyl halides is 3. The van der Waals surface area contributed by atoms with Crippen molar-refractivity contribution < 1.29 is 23.1 Å². The average Bonchev–Trinajstić information content (AvgIpc) is 2.15. The molecule has 94 valence electrons. The van der Waals surface area contributed by atoms with Crippen LogP contribution in [0.5, 0.6) is 0 Å². The molecule has 17 heavy (non-hydrogen) atoms. The van der Waals surface area contributed by atoms with Gasteiger partial charge in [0.1, 0.15) is 0 Å². The van der Waals surface area contributed by atoms with Crippen LogP contribution in [-0.2, 0) is 11.0 Å². The lowest BCUT2D eigenvalue weighted by molar-refractivity contribution is -0.138. The van der Waals surface area contributed by atoms with Crippen molar-refractivity contribution in [2.45, 2.75) is 32.4 Å². The molecule has 1 N–H and O–H groups in total. The monoisotopic (exact) mass is 246 g/mol. The first kappa shape index (κ1) is 13.5. The van der Waals surface area contributed by atoms with E-state index in [1.807, 2.05) is 0 Å². The van der Waals surface area contributed by atoms with Crippen molar-refractivity contribution in [1.29, 1.82) is 0 Å². The molecule has 0 saturated heterocycles. The second-order valence-electron chi connectivity index (χ2n) is 4.07. The molecule has 0 spiro atoms. The summed E-state index contributed by atoms with van der Waals surface area (Å²) in [6.45, 7) is 2.98. The third-order valence-corrected chi connectivity index (χ3v) is 2.62. The third kappa shape index (κ3) is 3.47. The van der Waals surface area contributed by atoms with Crippen molar-refractivity contribution in [2.75, 3.05) is 0 Å². The van der Waals surface area contributed by atoms with E-state index in [2.05, 4.69) is 0 Å². The van der Waals surface area contributed by atoms with Gasteiger partial charge in [-0.3, -0.25) is 4.79 Å². The Morgan fingerprint density at radius 2 is 2.00 bits per heavy atom. The minimum Gasteiger partial charge on any atom is -0.481 e. The van der Waals surface area contributed by atoms with Gasteiger partial charge in [-0.15, -0.1) is 0 Å². The first-order chi connectivity index (χ1) is 7.71. The Kier molecular flexibility index (Phi) is 3.80. The largest absolute Gasteiger partial charge is 0.481 e. The van der Waals surface area contributed by atoms with Gasteiger partial charge in [0.05, 0.1) is 12.0 Å². The van der Waals surface area contributed by atoms with Crippen LogP contribution >= 0.6 is 0 Å². The smallest absolute Gasteiger partial charge is 0.416 e. The van der Waals surface area contributed by atoms with Crippen LogP contribution in [0.2, 0.25) is 0 Å². The standard InChI is InChI=1S/C12H13F3O2/c1-7-3-4-9(8(2)5-11(16)17)6-10(7)12(13,14)15/h3-4,6,8H,5H2,1-2H3,(H,16,17). The van der Waals surface area contributed by atoms with Gasteiger partial charge in [-0.1, -0.05) is 19.1 Å². The highest BCUT2D eigenvalue weighted by molar-refractivity contribution is 5.68. The number of hydrogen-bond acceptors (Lipinski definition) is 1. The second-order valence-corrected chi connectivity index (χ2v) is 4.07. The molecule has 0 fully saturated rings. The molecule has 5 heteroatoms. The van der Waals surface area contributed by atoms with Crippen LogP contribution in [0.4, 0.5) is 13.2 Å². The van der Waals surface area contributed by atoms with Crippen molar-refractivity contribution in [1.82, 2.24) is 0 Å². The van der Waals surface area contributed by atoms with E-state index in [0.29, 0.717) is 5.56 Å². The molecule has 0 bridgehead atoms. The summed E-state index contributed by atoms with van der Waals surface area (Å²) in [5.74, 6) is -1.46. The maximum absolute atomic E-state index is 12.6. The lowest BCUT2D eigenvalue weighted by Gasteiger charge is -2.15. The molecule has 1 aromatic carbocycles. The Morgan fingerprint density at radius 1 is 1.41 bits per heavy atom. The van der Waals surface area contributed by atoms with E-state index < -0.39 is 23.6 Å². The van der Waals surface area contributed by atoms with E-state index in [1.54, 1.807) is 6.92 Å². The minimum absolute atomic E-state index is 0.142. The van der Waals surface area contributed by atoms with Gasteiger partial charge in [-0.2, -0.15) is 13.2 Å². The topological polar surface area (TPSA) is 37.3 Å². The van der Waals surface area contributed by atoms with E-state index in [4.69, 9.17) is 5.11 Å². The van der Waals surface area contributed by atoms with Gasteiger partial charge in [-0.25, -0.2) is 0 Å². The van der Waals surface area contributed by atoms with Gasteiger partial charge >= 0.3 is 12.1 Å². The van der Waals surface area contributed by atoms with Crippen molar-refractivity contribution in [2.24, 2.45) is 0 Å². The highest BCUT2D eigenvalue weighted by atomic mass is 19.4. The van der Waals surface area contributed by atoms with Crippen LogP contribution in [0.15, 0.2) is 18.2 Å². The van der Waals surface area contributed by atoms with Crippen molar-refractivity contribution in [3.05, 3.63) is 34.9 Å². The molecule has 0 aromatic heterocycles. The number of aliphatic carboxylic acids is 1. The molecule has 0 aliphatic rings. The zero-order chi connectivity index (χ0) is 13.2. The number of hydrogen-bond donors (Lipinski definition) is 1. The Bertz CT molecular complexity index is 424. The highest BCUT2D eigenvalue weighted by Gasteiger charge is 2.32. The Morgan fingerprint density at radius 3 is 2.47 bits per heavy atom. The van der Waals surface area contributed by atoms with Gasteiger partial charge in [0.2, 0.25) is 0 Å². The summed E-state index contributed by atoms with van der Waals surface area (Å²) in [6.07, 6.45) is -4.58. The highest BCUT2D eigenvalue weighted by Crippen LogP contribution is 2.34. The molecular formula is C12H13F3O2. The van der Waals surface area contributed by atoms with E-state index in [0.717, 1.165) is 6.07 Å². The average molecular weight is 246 g/mol. The molecule has 1 unspecified atom stereocenters. The van der Waals surface area contributed by atoms with E-state index >= 15 is 0 Å². The summed E-state index contributed by atoms with van der Waals surface area (Å²) in [7, 11) is 0. The van der Waals surface area contributed by atoms with E-state index in [1.165, 1.54) is 19.1 Å². The molecule has 0 heterocycles. The Balaban J connectivity index is 3.08. The number of rotatable bonds is 3. The fraction of sp³-hybridized carbons (Fsp3) is 0.417. The van der Waals surface area contributed by atoms with Crippen LogP contribution in [0.3, 0.4) is 0 Å². The summed E-state index contributed by atoms with van der Waals surface area (Å²) >= 11 is 0. The number of benzene rings is 1. The fourth-order valence-corrected chi connectivity index (χ4v) is 1.63. The zero-order valence-corrected chi connectivity index (χ0v) is 9.51. The van der Waals surface area contributed by atoms with Crippen LogP contribution in [0, 0.1) is 6.92 Å². The van der Waals surface area contributed by atoms with Crippen LogP contribution < -0.4 is 0 Å². The van der Waals surface area contributed by atoms with E-state index in [-0.39, 0.29) is 12.0 Å². The molecule has 1 aromatic rings. The molecule has 0 aliphatic carbocycles. The molecule has 1 rings (SSSR count). The van der Waals surface area contributed by atoms with Gasteiger partial charge in [-0.05, 0) is 30.0 Å². The number of carbonyl (C=O) groups is 1. The Hall–Kier alpha value is -1.52. The first-order valence-corrected chi connectivity index (χ1v) is 5.11. The lowest BCUT2D eigenvalue weighted by Crippen LogP contribution is -2.10. The summed E-state index contributed by atoms with van der Waals surface area (Å²) < 4.78 is 37.9. The predicted octanol–water partition coefficient (Wildman–Crippen LogP) is 3.59. The van der Waals surface area contributed by atoms with Gasteiger partial charge < -0.3 is 5.11 Å². The molecule has 2 nitrogen and oxygen atoms in total. The number of halogens is 3. The van der Waals surface area contributed by atoms with E-state index in [9.17, 15) is 18.0 Å². The molecule has 0 amide bonds.